The summed E-state index contributed by atoms with van der Waals surface area (Å²) in [5.41, 5.74) is 6.52. The Labute approximate surface area is 127 Å². The van der Waals surface area contributed by atoms with Gasteiger partial charge >= 0.3 is 0 Å². The highest BCUT2D eigenvalue weighted by atomic mass is 79.9. The van der Waals surface area contributed by atoms with Gasteiger partial charge < -0.3 is 16.3 Å². The number of anilines is 1. The van der Waals surface area contributed by atoms with Crippen LogP contribution < -0.4 is 11.1 Å². The fourth-order valence-electron chi connectivity index (χ4n) is 1.75. The maximum atomic E-state index is 13.7. The minimum absolute atomic E-state index is 0.116. The normalized spacial score (nSPS) is 11.5. The minimum Gasteiger partial charge on any atom is -0.409 e. The Morgan fingerprint density at radius 3 is 2.86 bits per heavy atom. The molecule has 0 atom stereocenters. The zero-order chi connectivity index (χ0) is 15.4. The molecular formula is C13H11BrF2N4O. The summed E-state index contributed by atoms with van der Waals surface area (Å²) in [4.78, 5) is 4.00. The molecule has 0 aliphatic carbocycles. The predicted octanol–water partition coefficient (Wildman–Crippen LogP) is 2.83. The molecule has 1 heterocycles. The van der Waals surface area contributed by atoms with Crippen LogP contribution in [0, 0.1) is 11.6 Å². The third-order valence-electron chi connectivity index (χ3n) is 2.70. The van der Waals surface area contributed by atoms with E-state index in [0.717, 1.165) is 12.1 Å². The Kier molecular flexibility index (Phi) is 4.69. The third kappa shape index (κ3) is 3.46. The molecule has 1 aromatic heterocycles. The molecule has 4 N–H and O–H groups in total. The van der Waals surface area contributed by atoms with Gasteiger partial charge in [0.1, 0.15) is 17.3 Å². The van der Waals surface area contributed by atoms with E-state index in [1.165, 1.54) is 6.20 Å². The highest BCUT2D eigenvalue weighted by Gasteiger charge is 2.12. The van der Waals surface area contributed by atoms with Gasteiger partial charge in [-0.05, 0) is 28.1 Å². The molecule has 0 saturated heterocycles. The number of pyridine rings is 1. The van der Waals surface area contributed by atoms with Crippen molar-refractivity contribution in [3.63, 3.8) is 0 Å². The van der Waals surface area contributed by atoms with Gasteiger partial charge in [0.15, 0.2) is 5.84 Å². The summed E-state index contributed by atoms with van der Waals surface area (Å²) in [6, 6.07) is 5.30. The first-order valence-corrected chi connectivity index (χ1v) is 6.62. The second kappa shape index (κ2) is 6.49. The van der Waals surface area contributed by atoms with Crippen LogP contribution in [0.2, 0.25) is 0 Å². The lowest BCUT2D eigenvalue weighted by Crippen LogP contribution is -2.18. The van der Waals surface area contributed by atoms with Gasteiger partial charge in [0.25, 0.3) is 0 Å². The molecule has 0 aliphatic heterocycles. The largest absolute Gasteiger partial charge is 0.409 e. The average Bonchev–Trinajstić information content (AvgIpc) is 2.45. The van der Waals surface area contributed by atoms with E-state index in [1.807, 2.05) is 0 Å². The van der Waals surface area contributed by atoms with Crippen molar-refractivity contribution >= 4 is 27.5 Å². The molecule has 8 heteroatoms. The molecule has 110 valence electrons. The lowest BCUT2D eigenvalue weighted by molar-refractivity contribution is 0.318. The van der Waals surface area contributed by atoms with E-state index in [0.29, 0.717) is 5.56 Å². The van der Waals surface area contributed by atoms with Crippen molar-refractivity contribution in [3.05, 3.63) is 57.8 Å². The lowest BCUT2D eigenvalue weighted by Gasteiger charge is -2.12. The summed E-state index contributed by atoms with van der Waals surface area (Å²) in [5, 5.41) is 14.4. The van der Waals surface area contributed by atoms with Crippen LogP contribution in [0.1, 0.15) is 11.3 Å². The van der Waals surface area contributed by atoms with E-state index in [-0.39, 0.29) is 28.2 Å². The summed E-state index contributed by atoms with van der Waals surface area (Å²) >= 11 is 3.09. The van der Waals surface area contributed by atoms with Crippen LogP contribution in [0.15, 0.2) is 40.1 Å². The molecule has 0 aliphatic rings. The summed E-state index contributed by atoms with van der Waals surface area (Å²) in [6.45, 7) is 0.167. The van der Waals surface area contributed by atoms with E-state index in [2.05, 4.69) is 31.4 Å². The van der Waals surface area contributed by atoms with E-state index >= 15 is 0 Å². The van der Waals surface area contributed by atoms with Crippen LogP contribution in [0.5, 0.6) is 0 Å². The number of hydrogen-bond acceptors (Lipinski definition) is 4. The number of hydrogen-bond donors (Lipinski definition) is 3. The second-order valence-electron chi connectivity index (χ2n) is 4.09. The van der Waals surface area contributed by atoms with Crippen LogP contribution >= 0.6 is 15.9 Å². The molecule has 0 saturated carbocycles. The van der Waals surface area contributed by atoms with E-state index in [9.17, 15) is 8.78 Å². The lowest BCUT2D eigenvalue weighted by atomic mass is 10.1. The molecule has 0 bridgehead atoms. The van der Waals surface area contributed by atoms with Crippen LogP contribution in [0.3, 0.4) is 0 Å². The quantitative estimate of drug-likeness (QED) is 0.340. The molecule has 0 amide bonds. The molecule has 0 spiro atoms. The highest BCUT2D eigenvalue weighted by molar-refractivity contribution is 9.10. The van der Waals surface area contributed by atoms with Gasteiger partial charge in [-0.15, -0.1) is 0 Å². The molecule has 0 fully saturated rings. The zero-order valence-electron chi connectivity index (χ0n) is 10.6. The number of aromatic nitrogens is 1. The SMILES string of the molecule is NC(=NO)c1ncccc1CNc1c(F)cc(F)cc1Br. The molecule has 21 heavy (non-hydrogen) atoms. The molecule has 0 radical (unpaired) electrons. The van der Waals surface area contributed by atoms with Gasteiger partial charge in [0.05, 0.1) is 5.69 Å². The van der Waals surface area contributed by atoms with Crippen molar-refractivity contribution in [1.82, 2.24) is 4.98 Å². The van der Waals surface area contributed by atoms with Gasteiger partial charge in [-0.1, -0.05) is 11.2 Å². The molecule has 5 nitrogen and oxygen atoms in total. The van der Waals surface area contributed by atoms with Gasteiger partial charge in [0, 0.05) is 28.8 Å². The van der Waals surface area contributed by atoms with E-state index < -0.39 is 11.6 Å². The Morgan fingerprint density at radius 2 is 2.19 bits per heavy atom. The first kappa shape index (κ1) is 15.2. The average molecular weight is 357 g/mol. The number of nitrogens with zero attached hydrogens (tertiary/aromatic N) is 2. The fraction of sp³-hybridized carbons (Fsp3) is 0.0769. The van der Waals surface area contributed by atoms with Crippen LogP contribution in [0.25, 0.3) is 0 Å². The molecule has 0 unspecified atom stereocenters. The molecular weight excluding hydrogens is 346 g/mol. The number of nitrogens with one attached hydrogen (secondary N) is 1. The van der Waals surface area contributed by atoms with Gasteiger partial charge in [-0.2, -0.15) is 0 Å². The molecule has 2 aromatic rings. The number of nitrogens with two attached hydrogens (primary N) is 1. The standard InChI is InChI=1S/C13H11BrF2N4O/c14-9-4-8(15)5-10(16)12(9)19-6-7-2-1-3-18-11(7)13(17)20-21/h1-5,19,21H,6H2,(H2,17,20). The van der Waals surface area contributed by atoms with Crippen LogP contribution in [0.4, 0.5) is 14.5 Å². The predicted molar refractivity (Wildman–Crippen MR) is 78.1 cm³/mol. The van der Waals surface area contributed by atoms with Crippen molar-refractivity contribution in [3.8, 4) is 0 Å². The number of amidine groups is 1. The van der Waals surface area contributed by atoms with Crippen molar-refractivity contribution in [2.75, 3.05) is 5.32 Å². The Balaban J connectivity index is 2.26. The Bertz CT molecular complexity index is 671. The maximum Gasteiger partial charge on any atom is 0.189 e. The fourth-order valence-corrected chi connectivity index (χ4v) is 2.30. The molecule has 1 aromatic carbocycles. The third-order valence-corrected chi connectivity index (χ3v) is 3.33. The summed E-state index contributed by atoms with van der Waals surface area (Å²) in [6.07, 6.45) is 1.49. The van der Waals surface area contributed by atoms with Crippen molar-refractivity contribution in [2.24, 2.45) is 10.9 Å². The number of rotatable bonds is 4. The van der Waals surface area contributed by atoms with E-state index in [4.69, 9.17) is 10.9 Å². The Morgan fingerprint density at radius 1 is 1.43 bits per heavy atom. The number of oxime groups is 1. The first-order chi connectivity index (χ1) is 10.0. The zero-order valence-corrected chi connectivity index (χ0v) is 12.2. The number of halogens is 3. The summed E-state index contributed by atoms with van der Waals surface area (Å²) in [5.74, 6) is -1.55. The van der Waals surface area contributed by atoms with Crippen molar-refractivity contribution < 1.29 is 14.0 Å². The summed E-state index contributed by atoms with van der Waals surface area (Å²) in [7, 11) is 0. The van der Waals surface area contributed by atoms with E-state index in [1.54, 1.807) is 12.1 Å². The van der Waals surface area contributed by atoms with Gasteiger partial charge in [-0.25, -0.2) is 8.78 Å². The number of benzene rings is 1. The van der Waals surface area contributed by atoms with Crippen LogP contribution in [-0.2, 0) is 6.54 Å². The molecule has 2 rings (SSSR count). The topological polar surface area (TPSA) is 83.5 Å². The first-order valence-electron chi connectivity index (χ1n) is 5.83. The highest BCUT2D eigenvalue weighted by Crippen LogP contribution is 2.27. The Hall–Kier alpha value is -2.22. The summed E-state index contributed by atoms with van der Waals surface area (Å²) < 4.78 is 27.0. The van der Waals surface area contributed by atoms with Crippen molar-refractivity contribution in [2.45, 2.75) is 6.54 Å². The second-order valence-corrected chi connectivity index (χ2v) is 4.95. The monoisotopic (exact) mass is 356 g/mol. The minimum atomic E-state index is -0.726. The van der Waals surface area contributed by atoms with Crippen molar-refractivity contribution in [1.29, 1.82) is 0 Å². The van der Waals surface area contributed by atoms with Gasteiger partial charge in [0.2, 0.25) is 0 Å². The smallest absolute Gasteiger partial charge is 0.189 e. The van der Waals surface area contributed by atoms with Gasteiger partial charge in [-0.3, -0.25) is 4.98 Å². The van der Waals surface area contributed by atoms with Crippen LogP contribution in [-0.4, -0.2) is 16.0 Å². The maximum absolute atomic E-state index is 13.7.